The third-order valence-corrected chi connectivity index (χ3v) is 3.50. The minimum absolute atomic E-state index is 0.127. The second kappa shape index (κ2) is 6.82. The second-order valence-electron chi connectivity index (χ2n) is 4.73. The van der Waals surface area contributed by atoms with Gasteiger partial charge in [-0.2, -0.15) is 0 Å². The van der Waals surface area contributed by atoms with Gasteiger partial charge in [0.05, 0.1) is 19.2 Å². The largest absolute Gasteiger partial charge is 0.469 e. The number of fused-ring (bicyclic) bond motifs is 1. The maximum absolute atomic E-state index is 12.1. The number of nitrogens with zero attached hydrogens (tertiary/aromatic N) is 3. The van der Waals surface area contributed by atoms with Crippen LogP contribution in [-0.2, 0) is 16.1 Å². The molecule has 21 heavy (non-hydrogen) atoms. The summed E-state index contributed by atoms with van der Waals surface area (Å²) in [5.74, 6) is -0.252. The Morgan fingerprint density at radius 2 is 2.24 bits per heavy atom. The Kier molecular flexibility index (Phi) is 5.08. The minimum atomic E-state index is -0.252. The Morgan fingerprint density at radius 1 is 1.48 bits per heavy atom. The molecule has 2 heterocycles. The third-order valence-electron chi connectivity index (χ3n) is 3.03. The van der Waals surface area contributed by atoms with E-state index in [9.17, 15) is 9.59 Å². The highest BCUT2D eigenvalue weighted by molar-refractivity contribution is 9.10. The van der Waals surface area contributed by atoms with E-state index in [0.29, 0.717) is 30.9 Å². The van der Waals surface area contributed by atoms with E-state index in [1.165, 1.54) is 17.6 Å². The van der Waals surface area contributed by atoms with Crippen molar-refractivity contribution in [1.29, 1.82) is 0 Å². The van der Waals surface area contributed by atoms with Crippen LogP contribution in [0, 0.1) is 0 Å². The molecule has 0 N–H and O–H groups in total. The molecule has 0 fully saturated rings. The van der Waals surface area contributed by atoms with Crippen LogP contribution in [0.15, 0.2) is 33.7 Å². The zero-order chi connectivity index (χ0) is 15.4. The lowest BCUT2D eigenvalue weighted by Crippen LogP contribution is -2.24. The van der Waals surface area contributed by atoms with Gasteiger partial charge in [-0.05, 0) is 35.1 Å². The van der Waals surface area contributed by atoms with Gasteiger partial charge in [0.25, 0.3) is 5.56 Å². The van der Waals surface area contributed by atoms with E-state index in [0.717, 1.165) is 4.47 Å². The summed E-state index contributed by atoms with van der Waals surface area (Å²) in [6, 6.07) is 5.13. The average molecular weight is 354 g/mol. The lowest BCUT2D eigenvalue weighted by Gasteiger charge is -2.15. The highest BCUT2D eigenvalue weighted by Crippen LogP contribution is 2.10. The van der Waals surface area contributed by atoms with E-state index < -0.39 is 0 Å². The number of halogens is 1. The molecule has 0 unspecified atom stereocenters. The van der Waals surface area contributed by atoms with Crippen LogP contribution in [0.2, 0.25) is 0 Å². The first kappa shape index (κ1) is 15.7. The van der Waals surface area contributed by atoms with Crippen molar-refractivity contribution in [3.63, 3.8) is 0 Å². The molecule has 0 radical (unpaired) electrons. The maximum atomic E-state index is 12.1. The Balaban J connectivity index is 2.14. The maximum Gasteiger partial charge on any atom is 0.306 e. The van der Waals surface area contributed by atoms with Gasteiger partial charge in [-0.1, -0.05) is 0 Å². The monoisotopic (exact) mass is 353 g/mol. The van der Waals surface area contributed by atoms with Crippen LogP contribution in [0.1, 0.15) is 12.1 Å². The molecule has 0 atom stereocenters. The van der Waals surface area contributed by atoms with Crippen molar-refractivity contribution in [3.8, 4) is 0 Å². The molecule has 2 rings (SSSR count). The first-order chi connectivity index (χ1) is 9.99. The number of hydrogen-bond acceptors (Lipinski definition) is 5. The number of ether oxygens (including phenoxy) is 1. The summed E-state index contributed by atoms with van der Waals surface area (Å²) in [4.78, 5) is 29.5. The molecule has 6 nitrogen and oxygen atoms in total. The van der Waals surface area contributed by atoms with Gasteiger partial charge in [0.2, 0.25) is 0 Å². The number of aromatic nitrogens is 2. The highest BCUT2D eigenvalue weighted by atomic mass is 79.9. The lowest BCUT2D eigenvalue weighted by molar-refractivity contribution is -0.140. The zero-order valence-corrected chi connectivity index (χ0v) is 13.5. The first-order valence-corrected chi connectivity index (χ1v) is 7.22. The minimum Gasteiger partial charge on any atom is -0.469 e. The molecule has 0 aliphatic carbocycles. The number of hydrogen-bond donors (Lipinski definition) is 0. The van der Waals surface area contributed by atoms with Gasteiger partial charge in [-0.15, -0.1) is 0 Å². The number of esters is 1. The number of carbonyl (C=O) groups is 1. The topological polar surface area (TPSA) is 63.9 Å². The fraction of sp³-hybridized carbons (Fsp3) is 0.357. The molecular formula is C14H16BrN3O3. The molecule has 112 valence electrons. The van der Waals surface area contributed by atoms with Crippen molar-refractivity contribution < 1.29 is 9.53 Å². The molecule has 0 saturated heterocycles. The summed E-state index contributed by atoms with van der Waals surface area (Å²) in [6.07, 6.45) is 2.00. The molecule has 0 spiro atoms. The molecule has 0 amide bonds. The van der Waals surface area contributed by atoms with E-state index in [-0.39, 0.29) is 11.5 Å². The fourth-order valence-corrected chi connectivity index (χ4v) is 2.28. The third kappa shape index (κ3) is 4.12. The van der Waals surface area contributed by atoms with Gasteiger partial charge >= 0.3 is 5.97 Å². The Labute approximate surface area is 130 Å². The van der Waals surface area contributed by atoms with Crippen molar-refractivity contribution in [3.05, 3.63) is 44.9 Å². The number of rotatable bonds is 5. The van der Waals surface area contributed by atoms with E-state index in [1.807, 2.05) is 18.0 Å². The van der Waals surface area contributed by atoms with Crippen LogP contribution in [-0.4, -0.2) is 41.0 Å². The molecule has 0 bridgehead atoms. The SMILES string of the molecule is COC(=O)CCN(C)Cc1cc(=O)n2cc(Br)ccc2n1. The van der Waals surface area contributed by atoms with Gasteiger partial charge < -0.3 is 4.74 Å². The van der Waals surface area contributed by atoms with Crippen LogP contribution < -0.4 is 5.56 Å². The van der Waals surface area contributed by atoms with Gasteiger partial charge in [0.1, 0.15) is 5.65 Å². The summed E-state index contributed by atoms with van der Waals surface area (Å²) in [5, 5.41) is 0. The average Bonchev–Trinajstić information content (AvgIpc) is 2.45. The summed E-state index contributed by atoms with van der Waals surface area (Å²) in [7, 11) is 3.24. The molecule has 0 saturated carbocycles. The number of methoxy groups -OCH3 is 1. The Bertz CT molecular complexity index is 714. The summed E-state index contributed by atoms with van der Waals surface area (Å²) >= 11 is 3.33. The van der Waals surface area contributed by atoms with Crippen molar-refractivity contribution in [2.45, 2.75) is 13.0 Å². The molecule has 0 aliphatic rings. The van der Waals surface area contributed by atoms with Gasteiger partial charge in [-0.25, -0.2) is 4.98 Å². The highest BCUT2D eigenvalue weighted by Gasteiger charge is 2.08. The van der Waals surface area contributed by atoms with Gasteiger partial charge in [-0.3, -0.25) is 18.9 Å². The Hall–Kier alpha value is -1.73. The summed E-state index contributed by atoms with van der Waals surface area (Å²) in [6.45, 7) is 1.05. The normalized spacial score (nSPS) is 11.0. The summed E-state index contributed by atoms with van der Waals surface area (Å²) in [5.41, 5.74) is 1.15. The van der Waals surface area contributed by atoms with Crippen LogP contribution >= 0.6 is 15.9 Å². The fourth-order valence-electron chi connectivity index (χ4n) is 1.95. The predicted octanol–water partition coefficient (Wildman–Crippen LogP) is 1.45. The van der Waals surface area contributed by atoms with E-state index in [1.54, 1.807) is 12.3 Å². The molecule has 0 aliphatic heterocycles. The molecule has 2 aromatic rings. The molecular weight excluding hydrogens is 338 g/mol. The quantitative estimate of drug-likeness (QED) is 0.761. The molecule has 0 aromatic carbocycles. The van der Waals surface area contributed by atoms with Crippen LogP contribution in [0.3, 0.4) is 0 Å². The molecule has 2 aromatic heterocycles. The van der Waals surface area contributed by atoms with Gasteiger partial charge in [0.15, 0.2) is 0 Å². The van der Waals surface area contributed by atoms with Crippen molar-refractivity contribution in [2.75, 3.05) is 20.7 Å². The zero-order valence-electron chi connectivity index (χ0n) is 11.9. The predicted molar refractivity (Wildman–Crippen MR) is 82.1 cm³/mol. The lowest BCUT2D eigenvalue weighted by atomic mass is 10.3. The smallest absolute Gasteiger partial charge is 0.306 e. The second-order valence-corrected chi connectivity index (χ2v) is 5.64. The van der Waals surface area contributed by atoms with Crippen molar-refractivity contribution in [2.24, 2.45) is 0 Å². The number of carbonyl (C=O) groups excluding carboxylic acids is 1. The summed E-state index contributed by atoms with van der Waals surface area (Å²) < 4.78 is 6.91. The van der Waals surface area contributed by atoms with E-state index in [4.69, 9.17) is 0 Å². The number of pyridine rings is 1. The van der Waals surface area contributed by atoms with Gasteiger partial charge in [0, 0.05) is 29.8 Å². The Morgan fingerprint density at radius 3 is 2.95 bits per heavy atom. The standard InChI is InChI=1S/C14H16BrN3O3/c1-17(6-5-14(20)21-2)9-11-7-13(19)18-8-10(15)3-4-12(18)16-11/h3-4,7-8H,5-6,9H2,1-2H3. The van der Waals surface area contributed by atoms with Crippen LogP contribution in [0.25, 0.3) is 5.65 Å². The van der Waals surface area contributed by atoms with E-state index in [2.05, 4.69) is 25.7 Å². The van der Waals surface area contributed by atoms with Crippen LogP contribution in [0.5, 0.6) is 0 Å². The first-order valence-electron chi connectivity index (χ1n) is 6.43. The van der Waals surface area contributed by atoms with Crippen molar-refractivity contribution >= 4 is 27.5 Å². The molecule has 7 heteroatoms. The van der Waals surface area contributed by atoms with Crippen molar-refractivity contribution in [1.82, 2.24) is 14.3 Å². The van der Waals surface area contributed by atoms with E-state index >= 15 is 0 Å². The van der Waals surface area contributed by atoms with Crippen LogP contribution in [0.4, 0.5) is 0 Å².